The molecule has 0 atom stereocenters. The van der Waals surface area contributed by atoms with Gasteiger partial charge >= 0.3 is 0 Å². The molecule has 0 spiro atoms. The Bertz CT molecular complexity index is 1020. The summed E-state index contributed by atoms with van der Waals surface area (Å²) in [5.41, 5.74) is 13.7. The largest absolute Gasteiger partial charge is 0.484 e. The van der Waals surface area contributed by atoms with Crippen molar-refractivity contribution in [2.75, 3.05) is 26.0 Å². The summed E-state index contributed by atoms with van der Waals surface area (Å²) >= 11 is 4.66. The highest BCUT2D eigenvalue weighted by molar-refractivity contribution is 8.00. The van der Waals surface area contributed by atoms with Crippen molar-refractivity contribution in [3.05, 3.63) is 40.6 Å². The average Bonchev–Trinajstić information content (AvgIpc) is 3.37. The lowest BCUT2D eigenvalue weighted by Gasteiger charge is -2.07. The molecule has 3 rings (SSSR count). The minimum absolute atomic E-state index is 0. The maximum Gasteiger partial charge on any atom is 0.257 e. The summed E-state index contributed by atoms with van der Waals surface area (Å²) in [7, 11) is 0. The highest BCUT2D eigenvalue weighted by Gasteiger charge is 2.16. The van der Waals surface area contributed by atoms with E-state index in [-0.39, 0.29) is 30.8 Å². The van der Waals surface area contributed by atoms with Gasteiger partial charge in [0.05, 0.1) is 14.8 Å². The Morgan fingerprint density at radius 3 is 2.87 bits per heavy atom. The number of thiophene rings is 1. The summed E-state index contributed by atoms with van der Waals surface area (Å²) in [5, 5.41) is 13.2. The second-order valence-electron chi connectivity index (χ2n) is 5.92. The molecule has 0 fully saturated rings. The third-order valence-corrected chi connectivity index (χ3v) is 7.03. The first-order chi connectivity index (χ1) is 14.0. The predicted molar refractivity (Wildman–Crippen MR) is 128 cm³/mol. The van der Waals surface area contributed by atoms with E-state index in [0.717, 1.165) is 30.9 Å². The van der Waals surface area contributed by atoms with E-state index in [2.05, 4.69) is 5.32 Å². The number of hydrogen-bond acceptors (Lipinski definition) is 8. The number of ether oxygens (including phenoxy) is 1. The number of amidine groups is 1. The zero-order valence-electron chi connectivity index (χ0n) is 16.1. The third-order valence-electron chi connectivity index (χ3n) is 3.85. The molecule has 1 amide bonds. The Morgan fingerprint density at radius 1 is 1.37 bits per heavy atom. The second kappa shape index (κ2) is 11.3. The number of aromatic nitrogens is 1. The number of benzene rings is 1. The summed E-state index contributed by atoms with van der Waals surface area (Å²) in [5.74, 6) is 0.452. The highest BCUT2D eigenvalue weighted by Crippen LogP contribution is 2.40. The first-order valence-corrected chi connectivity index (χ1v) is 11.6. The van der Waals surface area contributed by atoms with E-state index in [9.17, 15) is 4.79 Å². The second-order valence-corrected chi connectivity index (χ2v) is 8.91. The Kier molecular flexibility index (Phi) is 9.12. The Labute approximate surface area is 193 Å². The van der Waals surface area contributed by atoms with Gasteiger partial charge in [0.1, 0.15) is 16.6 Å². The molecule has 1 aromatic carbocycles. The molecule has 3 aromatic rings. The number of carbonyl (C=O) groups is 1. The molecular weight excluding hydrogens is 462 g/mol. The minimum Gasteiger partial charge on any atom is -0.484 e. The van der Waals surface area contributed by atoms with Crippen LogP contribution in [0.3, 0.4) is 0 Å². The van der Waals surface area contributed by atoms with Gasteiger partial charge in [-0.1, -0.05) is 12.1 Å². The maximum absolute atomic E-state index is 11.7. The summed E-state index contributed by atoms with van der Waals surface area (Å²) < 4.78 is 6.65. The molecule has 2 heterocycles. The van der Waals surface area contributed by atoms with Gasteiger partial charge < -0.3 is 21.5 Å². The van der Waals surface area contributed by atoms with Gasteiger partial charge in [-0.25, -0.2) is 4.98 Å². The van der Waals surface area contributed by atoms with Gasteiger partial charge in [0.25, 0.3) is 5.91 Å². The fraction of sp³-hybridized carbons (Fsp3) is 0.211. The normalized spacial score (nSPS) is 10.3. The molecule has 6 N–H and O–H groups in total. The summed E-state index contributed by atoms with van der Waals surface area (Å²) in [4.78, 5) is 17.2. The van der Waals surface area contributed by atoms with Crippen molar-refractivity contribution < 1.29 is 9.53 Å². The molecular formula is C19H22ClN5O2S3. The Balaban J connectivity index is 0.00000320. The van der Waals surface area contributed by atoms with E-state index in [1.807, 2.05) is 35.9 Å². The van der Waals surface area contributed by atoms with Gasteiger partial charge in [-0.05, 0) is 24.5 Å². The van der Waals surface area contributed by atoms with Crippen LogP contribution < -0.4 is 21.5 Å². The summed E-state index contributed by atoms with van der Waals surface area (Å²) in [6.07, 6.45) is 2.00. The predicted octanol–water partition coefficient (Wildman–Crippen LogP) is 3.42. The van der Waals surface area contributed by atoms with Crippen LogP contribution in [0.15, 0.2) is 39.9 Å². The molecule has 0 unspecified atom stereocenters. The summed E-state index contributed by atoms with van der Waals surface area (Å²) in [6, 6.07) is 9.40. The minimum atomic E-state index is -0.208. The number of carbonyl (C=O) groups excluding carboxylic acids is 1. The van der Waals surface area contributed by atoms with Gasteiger partial charge in [-0.2, -0.15) is 0 Å². The van der Waals surface area contributed by atoms with Gasteiger partial charge in [-0.15, -0.1) is 46.8 Å². The van der Waals surface area contributed by atoms with Crippen molar-refractivity contribution in [3.63, 3.8) is 0 Å². The fourth-order valence-electron chi connectivity index (χ4n) is 2.49. The monoisotopic (exact) mass is 483 g/mol. The zero-order valence-corrected chi connectivity index (χ0v) is 19.4. The van der Waals surface area contributed by atoms with Crippen LogP contribution in [-0.4, -0.2) is 42.7 Å². The lowest BCUT2D eigenvalue weighted by molar-refractivity contribution is -0.123. The van der Waals surface area contributed by atoms with E-state index in [1.54, 1.807) is 17.8 Å². The molecule has 11 heteroatoms. The van der Waals surface area contributed by atoms with Crippen LogP contribution in [-0.2, 0) is 4.79 Å². The molecule has 2 aromatic heterocycles. The molecule has 0 radical (unpaired) electrons. The number of halogens is 1. The Morgan fingerprint density at radius 2 is 2.17 bits per heavy atom. The van der Waals surface area contributed by atoms with Gasteiger partial charge in [-0.3, -0.25) is 10.2 Å². The molecule has 0 aliphatic carbocycles. The third kappa shape index (κ3) is 5.96. The number of nitrogens with zero attached hydrogens (tertiary/aromatic N) is 1. The quantitative estimate of drug-likeness (QED) is 0.210. The zero-order chi connectivity index (χ0) is 20.8. The Hall–Kier alpha value is -2.11. The van der Waals surface area contributed by atoms with Crippen LogP contribution in [0.4, 0.5) is 0 Å². The molecule has 0 aliphatic heterocycles. The number of nitrogens with one attached hydrogen (secondary N) is 2. The first-order valence-electron chi connectivity index (χ1n) is 8.70. The number of amides is 1. The molecule has 0 saturated carbocycles. The number of nitrogen functional groups attached to an aromatic ring is 1. The van der Waals surface area contributed by atoms with Crippen molar-refractivity contribution in [2.45, 2.75) is 4.21 Å². The molecule has 0 aliphatic rings. The van der Waals surface area contributed by atoms with E-state index >= 15 is 0 Å². The van der Waals surface area contributed by atoms with E-state index in [4.69, 9.17) is 26.6 Å². The van der Waals surface area contributed by atoms with Crippen LogP contribution in [0.1, 0.15) is 4.88 Å². The topological polar surface area (TPSA) is 127 Å². The van der Waals surface area contributed by atoms with Crippen molar-refractivity contribution in [2.24, 2.45) is 11.5 Å². The lowest BCUT2D eigenvalue weighted by atomic mass is 10.1. The van der Waals surface area contributed by atoms with Crippen LogP contribution in [0, 0.1) is 5.41 Å². The van der Waals surface area contributed by atoms with Crippen LogP contribution >= 0.6 is 46.8 Å². The standard InChI is InChI=1S/C19H21N5O2S3.ClH/c1-27-19-13(8-15(29-19)17(21)22)18-24-14(10-28-18)11-3-2-4-12(7-11)26-9-16(25)23-6-5-20;/h2-4,7-8,10H,5-6,9,20H2,1H3,(H3,21,22)(H,23,25);1H. The van der Waals surface area contributed by atoms with Crippen LogP contribution in [0.2, 0.25) is 0 Å². The number of nitrogens with two attached hydrogens (primary N) is 2. The van der Waals surface area contributed by atoms with Crippen molar-refractivity contribution in [1.82, 2.24) is 10.3 Å². The number of thioether (sulfide) groups is 1. The molecule has 0 bridgehead atoms. The van der Waals surface area contributed by atoms with Crippen molar-refractivity contribution >= 4 is 58.6 Å². The SMILES string of the molecule is CSc1sc(C(=N)N)cc1-c1nc(-c2cccc(OCC(=O)NCCN)c2)cs1.Cl. The molecule has 30 heavy (non-hydrogen) atoms. The van der Waals surface area contributed by atoms with Crippen LogP contribution in [0.5, 0.6) is 5.75 Å². The summed E-state index contributed by atoms with van der Waals surface area (Å²) in [6.45, 7) is 0.755. The molecule has 0 saturated heterocycles. The number of thiazole rings is 1. The number of hydrogen-bond donors (Lipinski definition) is 4. The van der Waals surface area contributed by atoms with Crippen LogP contribution in [0.25, 0.3) is 21.8 Å². The number of rotatable bonds is 9. The average molecular weight is 484 g/mol. The maximum atomic E-state index is 11.7. The fourth-order valence-corrected chi connectivity index (χ4v) is 5.20. The van der Waals surface area contributed by atoms with Gasteiger partial charge in [0.15, 0.2) is 6.61 Å². The molecule has 7 nitrogen and oxygen atoms in total. The van der Waals surface area contributed by atoms with E-state index in [1.165, 1.54) is 22.7 Å². The first kappa shape index (κ1) is 24.2. The highest BCUT2D eigenvalue weighted by atomic mass is 35.5. The van der Waals surface area contributed by atoms with Crippen molar-refractivity contribution in [1.29, 1.82) is 5.41 Å². The van der Waals surface area contributed by atoms with Gasteiger partial charge in [0.2, 0.25) is 0 Å². The molecule has 160 valence electrons. The smallest absolute Gasteiger partial charge is 0.257 e. The van der Waals surface area contributed by atoms with Gasteiger partial charge in [0, 0.05) is 29.6 Å². The van der Waals surface area contributed by atoms with E-state index < -0.39 is 0 Å². The van der Waals surface area contributed by atoms with E-state index in [0.29, 0.717) is 18.8 Å². The lowest BCUT2D eigenvalue weighted by Crippen LogP contribution is -2.32. The van der Waals surface area contributed by atoms with Crippen molar-refractivity contribution in [3.8, 4) is 27.6 Å².